The van der Waals surface area contributed by atoms with Crippen LogP contribution in [0.15, 0.2) is 6.20 Å². The highest BCUT2D eigenvalue weighted by Crippen LogP contribution is 2.26. The lowest BCUT2D eigenvalue weighted by atomic mass is 9.98. The maximum absolute atomic E-state index is 10.3. The van der Waals surface area contributed by atoms with E-state index >= 15 is 0 Å². The molecule has 0 amide bonds. The van der Waals surface area contributed by atoms with Crippen LogP contribution in [0.2, 0.25) is 0 Å². The lowest BCUT2D eigenvalue weighted by molar-refractivity contribution is -0.137. The van der Waals surface area contributed by atoms with Crippen molar-refractivity contribution < 1.29 is 9.90 Å². The van der Waals surface area contributed by atoms with Crippen LogP contribution in [0.25, 0.3) is 0 Å². The Morgan fingerprint density at radius 2 is 2.24 bits per heavy atom. The van der Waals surface area contributed by atoms with Crippen molar-refractivity contribution in [2.24, 2.45) is 0 Å². The fourth-order valence-electron chi connectivity index (χ4n) is 1.31. The Bertz CT molecular complexity index is 369. The Morgan fingerprint density at radius 1 is 1.53 bits per heavy atom. The van der Waals surface area contributed by atoms with Gasteiger partial charge < -0.3 is 10.4 Å². The normalized spacial score (nSPS) is 11.7. The number of nitrogens with one attached hydrogen (secondary N) is 1. The van der Waals surface area contributed by atoms with Crippen molar-refractivity contribution in [3.8, 4) is 0 Å². The highest BCUT2D eigenvalue weighted by Gasteiger charge is 2.17. The van der Waals surface area contributed by atoms with Crippen LogP contribution in [0.3, 0.4) is 0 Å². The smallest absolute Gasteiger partial charge is 0.303 e. The lowest BCUT2D eigenvalue weighted by Gasteiger charge is -2.13. The van der Waals surface area contributed by atoms with E-state index in [9.17, 15) is 4.79 Å². The van der Waals surface area contributed by atoms with Crippen molar-refractivity contribution in [2.75, 3.05) is 6.54 Å². The molecule has 0 aliphatic heterocycles. The summed E-state index contributed by atoms with van der Waals surface area (Å²) in [5.74, 6) is -0.736. The summed E-state index contributed by atoms with van der Waals surface area (Å²) >= 11 is 1.71. The second kappa shape index (κ2) is 6.12. The van der Waals surface area contributed by atoms with Gasteiger partial charge in [0.25, 0.3) is 0 Å². The number of carbonyl (C=O) groups is 1. The summed E-state index contributed by atoms with van der Waals surface area (Å²) in [5, 5.41) is 12.9. The molecular weight excluding hydrogens is 236 g/mol. The Balaban J connectivity index is 2.28. The molecule has 0 aliphatic rings. The minimum absolute atomic E-state index is 0.103. The van der Waals surface area contributed by atoms with Crippen LogP contribution >= 0.6 is 11.3 Å². The topological polar surface area (TPSA) is 62.2 Å². The van der Waals surface area contributed by atoms with Crippen LogP contribution < -0.4 is 5.32 Å². The Morgan fingerprint density at radius 3 is 2.76 bits per heavy atom. The van der Waals surface area contributed by atoms with Gasteiger partial charge in [-0.15, -0.1) is 11.3 Å². The largest absolute Gasteiger partial charge is 0.481 e. The van der Waals surface area contributed by atoms with Gasteiger partial charge in [-0.25, -0.2) is 4.98 Å². The third kappa shape index (κ3) is 5.28. The summed E-state index contributed by atoms with van der Waals surface area (Å²) in [6, 6.07) is 0. The monoisotopic (exact) mass is 256 g/mol. The zero-order valence-corrected chi connectivity index (χ0v) is 11.4. The molecule has 0 spiro atoms. The molecule has 0 fully saturated rings. The first kappa shape index (κ1) is 14.1. The predicted octanol–water partition coefficient (Wildman–Crippen LogP) is 2.40. The number of aromatic nitrogens is 1. The van der Waals surface area contributed by atoms with Crippen molar-refractivity contribution in [3.63, 3.8) is 0 Å². The van der Waals surface area contributed by atoms with Crippen molar-refractivity contribution >= 4 is 17.3 Å². The first-order valence-corrected chi connectivity index (χ1v) is 6.59. The number of hydrogen-bond acceptors (Lipinski definition) is 4. The molecule has 2 N–H and O–H groups in total. The first-order chi connectivity index (χ1) is 7.89. The Hall–Kier alpha value is -0.940. The Kier molecular flexibility index (Phi) is 5.08. The zero-order chi connectivity index (χ0) is 12.9. The molecule has 0 atom stereocenters. The molecule has 0 aliphatic carbocycles. The van der Waals surface area contributed by atoms with Gasteiger partial charge in [-0.1, -0.05) is 20.8 Å². The Labute approximate surface area is 106 Å². The molecule has 5 heteroatoms. The van der Waals surface area contributed by atoms with Gasteiger partial charge in [0.15, 0.2) is 0 Å². The molecule has 96 valence electrons. The van der Waals surface area contributed by atoms with Crippen molar-refractivity contribution in [1.29, 1.82) is 0 Å². The number of carboxylic acids is 1. The summed E-state index contributed by atoms with van der Waals surface area (Å²) in [4.78, 5) is 15.9. The summed E-state index contributed by atoms with van der Waals surface area (Å²) in [5.41, 5.74) is 0.103. The third-order valence-corrected chi connectivity index (χ3v) is 3.66. The SMILES string of the molecule is CC(C)(C)c1ncc(CNCCCC(=O)O)s1. The fraction of sp³-hybridized carbons (Fsp3) is 0.667. The van der Waals surface area contributed by atoms with Gasteiger partial charge in [-0.3, -0.25) is 4.79 Å². The van der Waals surface area contributed by atoms with Crippen molar-refractivity contribution in [3.05, 3.63) is 16.1 Å². The van der Waals surface area contributed by atoms with Crippen LogP contribution in [0.1, 0.15) is 43.5 Å². The number of rotatable bonds is 6. The second-order valence-electron chi connectivity index (χ2n) is 5.06. The van der Waals surface area contributed by atoms with Gasteiger partial charge in [0.05, 0.1) is 5.01 Å². The molecule has 0 bridgehead atoms. The minimum Gasteiger partial charge on any atom is -0.481 e. The molecule has 1 aromatic heterocycles. The van der Waals surface area contributed by atoms with E-state index in [0.29, 0.717) is 6.42 Å². The van der Waals surface area contributed by atoms with Gasteiger partial charge in [-0.05, 0) is 13.0 Å². The van der Waals surface area contributed by atoms with Gasteiger partial charge in [0.1, 0.15) is 0 Å². The van der Waals surface area contributed by atoms with E-state index < -0.39 is 5.97 Å². The molecule has 17 heavy (non-hydrogen) atoms. The summed E-state index contributed by atoms with van der Waals surface area (Å²) in [6.07, 6.45) is 2.79. The van der Waals surface area contributed by atoms with Crippen LogP contribution in [0.5, 0.6) is 0 Å². The van der Waals surface area contributed by atoms with E-state index in [1.807, 2.05) is 6.20 Å². The van der Waals surface area contributed by atoms with Gasteiger partial charge >= 0.3 is 5.97 Å². The molecule has 1 rings (SSSR count). The van der Waals surface area contributed by atoms with Crippen LogP contribution in [-0.4, -0.2) is 22.6 Å². The van der Waals surface area contributed by atoms with E-state index in [4.69, 9.17) is 5.11 Å². The van der Waals surface area contributed by atoms with E-state index in [2.05, 4.69) is 31.1 Å². The number of nitrogens with zero attached hydrogens (tertiary/aromatic N) is 1. The van der Waals surface area contributed by atoms with Gasteiger partial charge in [0.2, 0.25) is 0 Å². The highest BCUT2D eigenvalue weighted by atomic mass is 32.1. The maximum atomic E-state index is 10.3. The van der Waals surface area contributed by atoms with Crippen LogP contribution in [-0.2, 0) is 16.8 Å². The molecule has 0 aromatic carbocycles. The molecule has 0 saturated carbocycles. The number of aliphatic carboxylic acids is 1. The number of carboxylic acid groups (broad SMARTS) is 1. The average molecular weight is 256 g/mol. The second-order valence-corrected chi connectivity index (χ2v) is 6.17. The molecule has 1 heterocycles. The van der Waals surface area contributed by atoms with Crippen molar-refractivity contribution in [1.82, 2.24) is 10.3 Å². The van der Waals surface area contributed by atoms with E-state index in [1.54, 1.807) is 11.3 Å². The van der Waals surface area contributed by atoms with E-state index in [1.165, 1.54) is 4.88 Å². The molecule has 0 unspecified atom stereocenters. The zero-order valence-electron chi connectivity index (χ0n) is 10.6. The van der Waals surface area contributed by atoms with Crippen LogP contribution in [0, 0.1) is 0 Å². The van der Waals surface area contributed by atoms with E-state index in [-0.39, 0.29) is 11.8 Å². The quantitative estimate of drug-likeness (QED) is 0.767. The minimum atomic E-state index is -0.736. The van der Waals surface area contributed by atoms with Gasteiger partial charge in [-0.2, -0.15) is 0 Å². The summed E-state index contributed by atoms with van der Waals surface area (Å²) in [6.45, 7) is 7.95. The standard InChI is InChI=1S/C12H20N2O2S/c1-12(2,3)11-14-8-9(17-11)7-13-6-4-5-10(15)16/h8,13H,4-7H2,1-3H3,(H,15,16). The molecule has 1 aromatic rings. The molecule has 0 saturated heterocycles. The first-order valence-electron chi connectivity index (χ1n) is 5.77. The highest BCUT2D eigenvalue weighted by molar-refractivity contribution is 7.11. The third-order valence-electron chi connectivity index (χ3n) is 2.24. The maximum Gasteiger partial charge on any atom is 0.303 e. The summed E-state index contributed by atoms with van der Waals surface area (Å²) in [7, 11) is 0. The molecule has 0 radical (unpaired) electrons. The van der Waals surface area contributed by atoms with Crippen molar-refractivity contribution in [2.45, 2.75) is 45.6 Å². The average Bonchev–Trinajstić information content (AvgIpc) is 2.64. The fourth-order valence-corrected chi connectivity index (χ4v) is 2.25. The molecular formula is C12H20N2O2S. The summed E-state index contributed by atoms with van der Waals surface area (Å²) < 4.78 is 0. The lowest BCUT2D eigenvalue weighted by Crippen LogP contribution is -2.15. The number of thiazole rings is 1. The van der Waals surface area contributed by atoms with Crippen LogP contribution in [0.4, 0.5) is 0 Å². The predicted molar refractivity (Wildman–Crippen MR) is 69.4 cm³/mol. The number of hydrogen-bond donors (Lipinski definition) is 2. The van der Waals surface area contributed by atoms with E-state index in [0.717, 1.165) is 18.1 Å². The molecule has 4 nitrogen and oxygen atoms in total. The van der Waals surface area contributed by atoms with Gasteiger partial charge in [0, 0.05) is 29.5 Å².